The average molecular weight is 251 g/mol. The van der Waals surface area contributed by atoms with E-state index >= 15 is 0 Å². The first kappa shape index (κ1) is 11.7. The molecule has 1 heterocycles. The molecule has 0 atom stereocenters. The third kappa shape index (κ3) is 2.41. The summed E-state index contributed by atoms with van der Waals surface area (Å²) in [5.41, 5.74) is 0.859. The second kappa shape index (κ2) is 5.08. The van der Waals surface area contributed by atoms with Crippen molar-refractivity contribution in [2.75, 3.05) is 0 Å². The minimum absolute atomic E-state index is 0.0345. The highest BCUT2D eigenvalue weighted by Gasteiger charge is 2.04. The van der Waals surface area contributed by atoms with E-state index in [1.807, 2.05) is 54.6 Å². The molecule has 0 aliphatic heterocycles. The second-order valence-electron chi connectivity index (χ2n) is 4.24. The molecule has 0 bridgehead atoms. The van der Waals surface area contributed by atoms with Crippen molar-refractivity contribution in [3.63, 3.8) is 0 Å². The number of aliphatic hydroxyl groups is 1. The summed E-state index contributed by atoms with van der Waals surface area (Å²) in [5.74, 6) is 1.30. The Hall–Kier alpha value is -2.39. The van der Waals surface area contributed by atoms with Gasteiger partial charge in [-0.2, -0.15) is 0 Å². The Bertz CT molecular complexity index is 687. The molecule has 0 amide bonds. The van der Waals surface area contributed by atoms with Gasteiger partial charge in [-0.15, -0.1) is 0 Å². The van der Waals surface area contributed by atoms with E-state index in [-0.39, 0.29) is 6.61 Å². The summed E-state index contributed by atoms with van der Waals surface area (Å²) >= 11 is 0. The van der Waals surface area contributed by atoms with Crippen LogP contribution >= 0.6 is 0 Å². The van der Waals surface area contributed by atoms with Crippen molar-refractivity contribution in [2.45, 2.75) is 6.61 Å². The Morgan fingerprint density at radius 1 is 0.947 bits per heavy atom. The van der Waals surface area contributed by atoms with Gasteiger partial charge in [-0.25, -0.2) is 4.98 Å². The average Bonchev–Trinajstić information content (AvgIpc) is 2.48. The highest BCUT2D eigenvalue weighted by Crippen LogP contribution is 2.27. The zero-order valence-electron chi connectivity index (χ0n) is 10.3. The number of fused-ring (bicyclic) bond motifs is 1. The maximum Gasteiger partial charge on any atom is 0.227 e. The fourth-order valence-corrected chi connectivity index (χ4v) is 1.95. The van der Waals surface area contributed by atoms with Gasteiger partial charge in [0.2, 0.25) is 5.88 Å². The van der Waals surface area contributed by atoms with Gasteiger partial charge in [0.25, 0.3) is 0 Å². The Kier molecular flexibility index (Phi) is 3.12. The first-order valence-electron chi connectivity index (χ1n) is 6.08. The molecule has 1 aromatic heterocycles. The Morgan fingerprint density at radius 3 is 2.53 bits per heavy atom. The Morgan fingerprint density at radius 2 is 1.74 bits per heavy atom. The van der Waals surface area contributed by atoms with Crippen LogP contribution in [0.4, 0.5) is 0 Å². The van der Waals surface area contributed by atoms with Gasteiger partial charge < -0.3 is 9.84 Å². The molecule has 0 saturated carbocycles. The van der Waals surface area contributed by atoms with Crippen molar-refractivity contribution in [3.05, 3.63) is 66.4 Å². The van der Waals surface area contributed by atoms with E-state index < -0.39 is 0 Å². The lowest BCUT2D eigenvalue weighted by Crippen LogP contribution is -1.90. The molecule has 0 fully saturated rings. The van der Waals surface area contributed by atoms with E-state index in [1.54, 1.807) is 6.20 Å². The van der Waals surface area contributed by atoms with Crippen LogP contribution in [0.1, 0.15) is 5.56 Å². The number of hydrogen-bond acceptors (Lipinski definition) is 3. The molecule has 0 saturated heterocycles. The maximum absolute atomic E-state index is 9.01. The molecular formula is C16H13NO2. The van der Waals surface area contributed by atoms with Gasteiger partial charge in [-0.05, 0) is 35.2 Å². The van der Waals surface area contributed by atoms with Crippen LogP contribution < -0.4 is 4.74 Å². The van der Waals surface area contributed by atoms with Crippen molar-refractivity contribution < 1.29 is 9.84 Å². The van der Waals surface area contributed by atoms with E-state index in [9.17, 15) is 0 Å². The van der Waals surface area contributed by atoms with Gasteiger partial charge in [0, 0.05) is 11.6 Å². The van der Waals surface area contributed by atoms with Crippen LogP contribution in [0.5, 0.6) is 11.6 Å². The van der Waals surface area contributed by atoms with Gasteiger partial charge in [0.1, 0.15) is 5.75 Å². The smallest absolute Gasteiger partial charge is 0.227 e. The zero-order valence-corrected chi connectivity index (χ0v) is 10.3. The third-order valence-corrected chi connectivity index (χ3v) is 2.96. The highest BCUT2D eigenvalue weighted by molar-refractivity contribution is 5.86. The molecule has 3 heteroatoms. The highest BCUT2D eigenvalue weighted by atomic mass is 16.5. The lowest BCUT2D eigenvalue weighted by molar-refractivity contribution is 0.281. The first-order chi connectivity index (χ1) is 9.36. The summed E-state index contributed by atoms with van der Waals surface area (Å²) in [4.78, 5) is 4.27. The molecule has 1 N–H and O–H groups in total. The number of aromatic nitrogens is 1. The number of benzene rings is 2. The molecule has 94 valence electrons. The van der Waals surface area contributed by atoms with Crippen molar-refractivity contribution >= 4 is 10.8 Å². The summed E-state index contributed by atoms with van der Waals surface area (Å²) in [5, 5.41) is 11.1. The van der Waals surface area contributed by atoms with E-state index in [0.717, 1.165) is 16.3 Å². The van der Waals surface area contributed by atoms with Crippen LogP contribution in [0.25, 0.3) is 10.8 Å². The molecule has 2 aromatic carbocycles. The van der Waals surface area contributed by atoms with Gasteiger partial charge in [-0.3, -0.25) is 0 Å². The van der Waals surface area contributed by atoms with E-state index in [0.29, 0.717) is 11.6 Å². The number of aliphatic hydroxyl groups excluding tert-OH is 1. The predicted molar refractivity (Wildman–Crippen MR) is 74.2 cm³/mol. The molecular weight excluding hydrogens is 238 g/mol. The first-order valence-corrected chi connectivity index (χ1v) is 6.08. The fraction of sp³-hybridized carbons (Fsp3) is 0.0625. The summed E-state index contributed by atoms with van der Waals surface area (Å²) in [6.45, 7) is 0.0345. The molecule has 0 unspecified atom stereocenters. The summed E-state index contributed by atoms with van der Waals surface area (Å²) in [7, 11) is 0. The summed E-state index contributed by atoms with van der Waals surface area (Å²) in [6, 6.07) is 17.2. The Balaban J connectivity index is 1.96. The minimum Gasteiger partial charge on any atom is -0.438 e. The molecule has 3 rings (SSSR count). The number of rotatable bonds is 3. The molecule has 3 aromatic rings. The summed E-state index contributed by atoms with van der Waals surface area (Å²) in [6.07, 6.45) is 1.74. The number of pyridine rings is 1. The van der Waals surface area contributed by atoms with Crippen LogP contribution in [0, 0.1) is 0 Å². The lowest BCUT2D eigenvalue weighted by Gasteiger charge is -2.08. The molecule has 19 heavy (non-hydrogen) atoms. The molecule has 0 radical (unpaired) electrons. The van der Waals surface area contributed by atoms with Crippen molar-refractivity contribution in [1.29, 1.82) is 0 Å². The van der Waals surface area contributed by atoms with Crippen LogP contribution in [0.3, 0.4) is 0 Å². The summed E-state index contributed by atoms with van der Waals surface area (Å²) < 4.78 is 5.80. The lowest BCUT2D eigenvalue weighted by atomic mass is 10.2. The largest absolute Gasteiger partial charge is 0.438 e. The van der Waals surface area contributed by atoms with Crippen molar-refractivity contribution in [2.24, 2.45) is 0 Å². The second-order valence-corrected chi connectivity index (χ2v) is 4.24. The maximum atomic E-state index is 9.01. The van der Waals surface area contributed by atoms with E-state index in [4.69, 9.17) is 9.84 Å². The monoisotopic (exact) mass is 251 g/mol. The van der Waals surface area contributed by atoms with E-state index in [1.165, 1.54) is 0 Å². The standard InChI is InChI=1S/C16H13NO2/c18-11-12-5-7-14(8-6-12)19-16-15-4-2-1-3-13(15)9-10-17-16/h1-10,18H,11H2. The van der Waals surface area contributed by atoms with Gasteiger partial charge in [-0.1, -0.05) is 30.3 Å². The van der Waals surface area contributed by atoms with Crippen molar-refractivity contribution in [1.82, 2.24) is 4.98 Å². The van der Waals surface area contributed by atoms with Crippen LogP contribution in [-0.2, 0) is 6.61 Å². The Labute approximate surface area is 111 Å². The third-order valence-electron chi connectivity index (χ3n) is 2.96. The van der Waals surface area contributed by atoms with E-state index in [2.05, 4.69) is 4.98 Å². The molecule has 0 aliphatic carbocycles. The normalized spacial score (nSPS) is 10.6. The van der Waals surface area contributed by atoms with Gasteiger partial charge in [0.15, 0.2) is 0 Å². The predicted octanol–water partition coefficient (Wildman–Crippen LogP) is 3.52. The van der Waals surface area contributed by atoms with Crippen molar-refractivity contribution in [3.8, 4) is 11.6 Å². The van der Waals surface area contributed by atoms with Crippen LogP contribution in [0.2, 0.25) is 0 Å². The molecule has 3 nitrogen and oxygen atoms in total. The zero-order chi connectivity index (χ0) is 13.1. The minimum atomic E-state index is 0.0345. The number of ether oxygens (including phenoxy) is 1. The van der Waals surface area contributed by atoms with Crippen LogP contribution in [0.15, 0.2) is 60.8 Å². The number of nitrogens with zero attached hydrogens (tertiary/aromatic N) is 1. The molecule has 0 aliphatic rings. The quantitative estimate of drug-likeness (QED) is 0.774. The van der Waals surface area contributed by atoms with Gasteiger partial charge >= 0.3 is 0 Å². The van der Waals surface area contributed by atoms with Gasteiger partial charge in [0.05, 0.1) is 6.61 Å². The number of hydrogen-bond donors (Lipinski definition) is 1. The molecule has 0 spiro atoms. The SMILES string of the molecule is OCc1ccc(Oc2nccc3ccccc23)cc1. The topological polar surface area (TPSA) is 42.4 Å². The fourth-order valence-electron chi connectivity index (χ4n) is 1.95. The van der Waals surface area contributed by atoms with Crippen LogP contribution in [-0.4, -0.2) is 10.1 Å².